The van der Waals surface area contributed by atoms with Gasteiger partial charge in [-0.2, -0.15) is 0 Å². The summed E-state index contributed by atoms with van der Waals surface area (Å²) in [6.45, 7) is 5.85. The minimum Gasteiger partial charge on any atom is -0.303 e. The summed E-state index contributed by atoms with van der Waals surface area (Å²) in [4.78, 5) is 43.4. The van der Waals surface area contributed by atoms with Gasteiger partial charge in [-0.15, -0.1) is 0 Å². The molecule has 2 aromatic heterocycles. The number of nitrogens with one attached hydrogen (secondary N) is 1. The van der Waals surface area contributed by atoms with E-state index in [4.69, 9.17) is 0 Å². The highest BCUT2D eigenvalue weighted by atomic mass is 16.2. The first-order valence-electron chi connectivity index (χ1n) is 9.89. The van der Waals surface area contributed by atoms with E-state index in [1.807, 2.05) is 43.5 Å². The number of hydrogen-bond acceptors (Lipinski definition) is 4. The van der Waals surface area contributed by atoms with Gasteiger partial charge in [0.2, 0.25) is 0 Å². The van der Waals surface area contributed by atoms with Crippen molar-refractivity contribution in [2.75, 3.05) is 0 Å². The zero-order chi connectivity index (χ0) is 20.7. The molecule has 29 heavy (non-hydrogen) atoms. The summed E-state index contributed by atoms with van der Waals surface area (Å²) in [5, 5.41) is 2.33. The van der Waals surface area contributed by atoms with Gasteiger partial charge >= 0.3 is 6.03 Å². The van der Waals surface area contributed by atoms with Gasteiger partial charge in [-0.3, -0.25) is 19.8 Å². The van der Waals surface area contributed by atoms with Crippen molar-refractivity contribution in [1.82, 2.24) is 19.8 Å². The number of urea groups is 1. The minimum atomic E-state index is -0.646. The van der Waals surface area contributed by atoms with Crippen LogP contribution in [0.4, 0.5) is 4.79 Å². The molecule has 7 heteroatoms. The monoisotopic (exact) mass is 392 g/mol. The molecule has 2 fully saturated rings. The molecule has 1 saturated heterocycles. The van der Waals surface area contributed by atoms with Crippen molar-refractivity contribution in [1.29, 1.82) is 0 Å². The second-order valence-electron chi connectivity index (χ2n) is 7.79. The zero-order valence-electron chi connectivity index (χ0n) is 16.9. The van der Waals surface area contributed by atoms with Crippen molar-refractivity contribution < 1.29 is 14.4 Å². The summed E-state index contributed by atoms with van der Waals surface area (Å²) >= 11 is 0. The molecule has 1 N–H and O–H groups in total. The SMILES string of the molecule is Cc1ccc(-n2c(C)cc(/C=C3\C(=O)NC(=O)N(C4CCCC4)C3=O)c2C)nc1. The third-order valence-electron chi connectivity index (χ3n) is 5.72. The maximum Gasteiger partial charge on any atom is 0.331 e. The number of barbiturate groups is 1. The molecule has 0 atom stereocenters. The number of aryl methyl sites for hydroxylation is 2. The van der Waals surface area contributed by atoms with Crippen LogP contribution >= 0.6 is 0 Å². The van der Waals surface area contributed by atoms with E-state index in [1.165, 1.54) is 4.90 Å². The molecule has 4 rings (SSSR count). The Labute approximate surface area is 169 Å². The predicted molar refractivity (Wildman–Crippen MR) is 108 cm³/mol. The number of carbonyl (C=O) groups excluding carboxylic acids is 3. The molecule has 1 aliphatic carbocycles. The Morgan fingerprint density at radius 2 is 1.83 bits per heavy atom. The number of rotatable bonds is 3. The summed E-state index contributed by atoms with van der Waals surface area (Å²) in [5.74, 6) is -0.381. The molecule has 2 aliphatic rings. The third kappa shape index (κ3) is 3.37. The molecule has 150 valence electrons. The van der Waals surface area contributed by atoms with Crippen molar-refractivity contribution in [3.63, 3.8) is 0 Å². The second kappa shape index (κ2) is 7.31. The summed E-state index contributed by atoms with van der Waals surface area (Å²) in [7, 11) is 0. The number of carbonyl (C=O) groups is 3. The Bertz CT molecular complexity index is 1030. The van der Waals surface area contributed by atoms with E-state index in [0.717, 1.165) is 54.0 Å². The van der Waals surface area contributed by atoms with Crippen LogP contribution in [0.5, 0.6) is 0 Å². The van der Waals surface area contributed by atoms with Crippen molar-refractivity contribution >= 4 is 23.9 Å². The lowest BCUT2D eigenvalue weighted by Gasteiger charge is -2.31. The van der Waals surface area contributed by atoms with E-state index in [0.29, 0.717) is 0 Å². The molecule has 3 heterocycles. The number of pyridine rings is 1. The zero-order valence-corrected chi connectivity index (χ0v) is 16.9. The summed E-state index contributed by atoms with van der Waals surface area (Å²) in [6.07, 6.45) is 6.93. The van der Waals surface area contributed by atoms with Gasteiger partial charge in [0.1, 0.15) is 11.4 Å². The predicted octanol–water partition coefficient (Wildman–Crippen LogP) is 3.20. The Balaban J connectivity index is 1.72. The van der Waals surface area contributed by atoms with E-state index < -0.39 is 17.8 Å². The van der Waals surface area contributed by atoms with Crippen LogP contribution in [0.25, 0.3) is 11.9 Å². The molecule has 0 bridgehead atoms. The molecule has 0 unspecified atom stereocenters. The molecule has 1 aliphatic heterocycles. The Morgan fingerprint density at radius 3 is 2.48 bits per heavy atom. The second-order valence-corrected chi connectivity index (χ2v) is 7.79. The van der Waals surface area contributed by atoms with Gasteiger partial charge in [-0.1, -0.05) is 18.9 Å². The van der Waals surface area contributed by atoms with E-state index in [-0.39, 0.29) is 11.6 Å². The summed E-state index contributed by atoms with van der Waals surface area (Å²) in [6, 6.07) is 5.09. The van der Waals surface area contributed by atoms with Crippen LogP contribution in [0.2, 0.25) is 0 Å². The first-order chi connectivity index (χ1) is 13.9. The van der Waals surface area contributed by atoms with Gasteiger partial charge in [0.05, 0.1) is 0 Å². The maximum atomic E-state index is 13.0. The van der Waals surface area contributed by atoms with Crippen molar-refractivity contribution in [3.05, 3.63) is 52.5 Å². The van der Waals surface area contributed by atoms with Crippen LogP contribution in [0, 0.1) is 20.8 Å². The molecule has 0 radical (unpaired) electrons. The largest absolute Gasteiger partial charge is 0.331 e. The quantitative estimate of drug-likeness (QED) is 0.642. The van der Waals surface area contributed by atoms with Crippen molar-refractivity contribution in [2.45, 2.75) is 52.5 Å². The smallest absolute Gasteiger partial charge is 0.303 e. The summed E-state index contributed by atoms with van der Waals surface area (Å²) < 4.78 is 1.98. The number of amides is 4. The lowest BCUT2D eigenvalue weighted by Crippen LogP contribution is -2.57. The van der Waals surface area contributed by atoms with Gasteiger partial charge in [-0.05, 0) is 62.9 Å². The molecular formula is C22H24N4O3. The lowest BCUT2D eigenvalue weighted by molar-refractivity contribution is -0.131. The van der Waals surface area contributed by atoms with Crippen LogP contribution in [0.1, 0.15) is 48.2 Å². The number of aromatic nitrogens is 2. The van der Waals surface area contributed by atoms with Crippen LogP contribution in [-0.4, -0.2) is 38.3 Å². The van der Waals surface area contributed by atoms with Crippen LogP contribution in [0.3, 0.4) is 0 Å². The Hall–Kier alpha value is -3.22. The van der Waals surface area contributed by atoms with Crippen LogP contribution in [-0.2, 0) is 9.59 Å². The Kier molecular flexibility index (Phi) is 4.82. The van der Waals surface area contributed by atoms with Crippen LogP contribution < -0.4 is 5.32 Å². The Morgan fingerprint density at radius 1 is 1.10 bits per heavy atom. The molecule has 1 saturated carbocycles. The topological polar surface area (TPSA) is 84.3 Å². The van der Waals surface area contributed by atoms with Gasteiger partial charge < -0.3 is 4.57 Å². The fourth-order valence-electron chi connectivity index (χ4n) is 4.20. The molecular weight excluding hydrogens is 368 g/mol. The van der Waals surface area contributed by atoms with Crippen LogP contribution in [0.15, 0.2) is 30.0 Å². The number of imide groups is 2. The van der Waals surface area contributed by atoms with Gasteiger partial charge in [0.15, 0.2) is 0 Å². The standard InChI is InChI=1S/C22H24N4O3/c1-13-8-9-19(23-12-13)25-14(2)10-16(15(25)3)11-18-20(27)24-22(29)26(21(18)28)17-6-4-5-7-17/h8-12,17H,4-7H2,1-3H3,(H,24,27,29)/b18-11+. The molecule has 4 amide bonds. The normalized spacial score (nSPS) is 19.3. The number of nitrogens with zero attached hydrogens (tertiary/aromatic N) is 3. The fourth-order valence-corrected chi connectivity index (χ4v) is 4.20. The maximum absolute atomic E-state index is 13.0. The van der Waals surface area contributed by atoms with E-state index >= 15 is 0 Å². The van der Waals surface area contributed by atoms with Gasteiger partial charge in [0.25, 0.3) is 11.8 Å². The van der Waals surface area contributed by atoms with Gasteiger partial charge in [-0.25, -0.2) is 9.78 Å². The molecule has 7 nitrogen and oxygen atoms in total. The highest BCUT2D eigenvalue weighted by Crippen LogP contribution is 2.28. The third-order valence-corrected chi connectivity index (χ3v) is 5.72. The first kappa shape index (κ1) is 19.1. The first-order valence-corrected chi connectivity index (χ1v) is 9.89. The van der Waals surface area contributed by atoms with Crippen molar-refractivity contribution in [2.24, 2.45) is 0 Å². The average Bonchev–Trinajstić information content (AvgIpc) is 3.28. The highest BCUT2D eigenvalue weighted by Gasteiger charge is 2.40. The van der Waals surface area contributed by atoms with Gasteiger partial charge in [0, 0.05) is 23.6 Å². The highest BCUT2D eigenvalue weighted by molar-refractivity contribution is 6.31. The fraction of sp³-hybridized carbons (Fsp3) is 0.364. The van der Waals surface area contributed by atoms with E-state index in [2.05, 4.69) is 10.3 Å². The van der Waals surface area contributed by atoms with E-state index in [1.54, 1.807) is 12.3 Å². The summed E-state index contributed by atoms with van der Waals surface area (Å²) in [5.41, 5.74) is 3.63. The van der Waals surface area contributed by atoms with Crippen molar-refractivity contribution in [3.8, 4) is 5.82 Å². The lowest BCUT2D eigenvalue weighted by atomic mass is 10.1. The molecule has 0 spiro atoms. The number of hydrogen-bond donors (Lipinski definition) is 1. The van der Waals surface area contributed by atoms with E-state index in [9.17, 15) is 14.4 Å². The molecule has 0 aromatic carbocycles. The minimum absolute atomic E-state index is 0.00591. The average molecular weight is 392 g/mol. The molecule has 2 aromatic rings.